The highest BCUT2D eigenvalue weighted by Crippen LogP contribution is 2.48. The van der Waals surface area contributed by atoms with Gasteiger partial charge in [-0.2, -0.15) is 0 Å². The third kappa shape index (κ3) is 1.92. The summed E-state index contributed by atoms with van der Waals surface area (Å²) in [7, 11) is 2.06. The van der Waals surface area contributed by atoms with Crippen LogP contribution >= 0.6 is 11.3 Å². The van der Waals surface area contributed by atoms with Crippen molar-refractivity contribution in [3.8, 4) is 0 Å². The molecule has 2 rings (SSSR count). The molecular weight excluding hydrogens is 180 g/mol. The van der Waals surface area contributed by atoms with Gasteiger partial charge in [0.15, 0.2) is 0 Å². The summed E-state index contributed by atoms with van der Waals surface area (Å²) < 4.78 is 0. The third-order valence-electron chi connectivity index (χ3n) is 3.12. The Hall–Kier alpha value is -0.410. The monoisotopic (exact) mass is 196 g/mol. The van der Waals surface area contributed by atoms with Crippen molar-refractivity contribution in [2.45, 2.75) is 32.2 Å². The van der Waals surface area contributed by atoms with Crippen molar-refractivity contribution in [3.63, 3.8) is 0 Å². The topological polar surface area (TPSA) is 24.9 Å². The minimum Gasteiger partial charge on any atom is -0.316 e. The lowest BCUT2D eigenvalue weighted by Crippen LogP contribution is -2.35. The fourth-order valence-corrected chi connectivity index (χ4v) is 2.43. The summed E-state index contributed by atoms with van der Waals surface area (Å²) in [6.07, 6.45) is 5.87. The number of rotatable bonds is 4. The number of hydrogen-bond donors (Lipinski definition) is 1. The Morgan fingerprint density at radius 3 is 2.92 bits per heavy atom. The molecule has 1 unspecified atom stereocenters. The second-order valence-corrected chi connectivity index (χ2v) is 5.14. The average molecular weight is 196 g/mol. The molecule has 0 spiro atoms. The van der Waals surface area contributed by atoms with Gasteiger partial charge in [-0.3, -0.25) is 4.98 Å². The molecule has 72 valence electrons. The molecule has 1 aliphatic rings. The maximum Gasteiger partial charge on any atom is 0.0794 e. The fraction of sp³-hybridized carbons (Fsp3) is 0.700. The van der Waals surface area contributed by atoms with Crippen LogP contribution in [0.2, 0.25) is 0 Å². The van der Waals surface area contributed by atoms with Crippen LogP contribution in [0.3, 0.4) is 0 Å². The lowest BCUT2D eigenvalue weighted by atomic mass is 9.96. The first kappa shape index (κ1) is 9.16. The van der Waals surface area contributed by atoms with Gasteiger partial charge in [0.2, 0.25) is 0 Å². The predicted octanol–water partition coefficient (Wildman–Crippen LogP) is 2.07. The summed E-state index contributed by atoms with van der Waals surface area (Å²) in [5, 5.41) is 3.42. The number of aromatic nitrogens is 1. The molecule has 0 aliphatic heterocycles. The van der Waals surface area contributed by atoms with Crippen LogP contribution in [0, 0.1) is 5.41 Å². The molecule has 13 heavy (non-hydrogen) atoms. The van der Waals surface area contributed by atoms with Gasteiger partial charge in [-0.1, -0.05) is 6.92 Å². The molecule has 1 N–H and O–H groups in total. The zero-order valence-corrected chi connectivity index (χ0v) is 9.03. The van der Waals surface area contributed by atoms with Crippen molar-refractivity contribution in [1.29, 1.82) is 0 Å². The van der Waals surface area contributed by atoms with E-state index in [4.69, 9.17) is 0 Å². The van der Waals surface area contributed by atoms with E-state index in [-0.39, 0.29) is 0 Å². The molecule has 1 aromatic rings. The van der Waals surface area contributed by atoms with Gasteiger partial charge in [0, 0.05) is 17.1 Å². The van der Waals surface area contributed by atoms with Crippen LogP contribution in [-0.2, 0) is 6.42 Å². The standard InChI is InChI=1S/C10H16N2S/c1-10(3-4-10)9(11-2)5-8-6-12-7-13-8/h6-7,9,11H,3-5H2,1-2H3. The highest BCUT2D eigenvalue weighted by atomic mass is 32.1. The Morgan fingerprint density at radius 2 is 2.46 bits per heavy atom. The molecule has 1 aliphatic carbocycles. The summed E-state index contributed by atoms with van der Waals surface area (Å²) in [6.45, 7) is 2.37. The van der Waals surface area contributed by atoms with Crippen LogP contribution < -0.4 is 5.32 Å². The minimum atomic E-state index is 0.554. The number of hydrogen-bond acceptors (Lipinski definition) is 3. The second-order valence-electron chi connectivity index (χ2n) is 4.17. The first-order chi connectivity index (χ1) is 6.24. The van der Waals surface area contributed by atoms with Crippen molar-refractivity contribution in [3.05, 3.63) is 16.6 Å². The zero-order valence-electron chi connectivity index (χ0n) is 8.21. The lowest BCUT2D eigenvalue weighted by Gasteiger charge is -2.21. The van der Waals surface area contributed by atoms with Crippen LogP contribution in [0.1, 0.15) is 24.6 Å². The van der Waals surface area contributed by atoms with Crippen LogP contribution in [0.5, 0.6) is 0 Å². The molecule has 0 bridgehead atoms. The predicted molar refractivity (Wildman–Crippen MR) is 56.0 cm³/mol. The maximum absolute atomic E-state index is 4.10. The maximum atomic E-state index is 4.10. The van der Waals surface area contributed by atoms with Crippen molar-refractivity contribution in [2.75, 3.05) is 7.05 Å². The molecule has 2 nitrogen and oxygen atoms in total. The molecule has 1 aromatic heterocycles. The number of nitrogens with one attached hydrogen (secondary N) is 1. The van der Waals surface area contributed by atoms with E-state index in [1.165, 1.54) is 17.7 Å². The largest absolute Gasteiger partial charge is 0.316 e. The van der Waals surface area contributed by atoms with Gasteiger partial charge in [-0.05, 0) is 31.7 Å². The van der Waals surface area contributed by atoms with Gasteiger partial charge in [0.05, 0.1) is 5.51 Å². The van der Waals surface area contributed by atoms with Gasteiger partial charge in [-0.25, -0.2) is 0 Å². The van der Waals surface area contributed by atoms with Gasteiger partial charge >= 0.3 is 0 Å². The Labute approximate surface area is 83.4 Å². The quantitative estimate of drug-likeness (QED) is 0.797. The molecule has 0 amide bonds. The summed E-state index contributed by atoms with van der Waals surface area (Å²) in [5.74, 6) is 0. The summed E-state index contributed by atoms with van der Waals surface area (Å²) in [5.41, 5.74) is 2.47. The molecule has 1 fully saturated rings. The van der Waals surface area contributed by atoms with Crippen molar-refractivity contribution in [2.24, 2.45) is 5.41 Å². The van der Waals surface area contributed by atoms with E-state index in [0.29, 0.717) is 11.5 Å². The summed E-state index contributed by atoms with van der Waals surface area (Å²) in [4.78, 5) is 5.50. The van der Waals surface area contributed by atoms with Gasteiger partial charge < -0.3 is 5.32 Å². The van der Waals surface area contributed by atoms with Gasteiger partial charge in [0.25, 0.3) is 0 Å². The first-order valence-corrected chi connectivity index (χ1v) is 5.67. The smallest absolute Gasteiger partial charge is 0.0794 e. The van der Waals surface area contributed by atoms with Crippen molar-refractivity contribution < 1.29 is 0 Å². The van der Waals surface area contributed by atoms with Crippen LogP contribution in [0.15, 0.2) is 11.7 Å². The van der Waals surface area contributed by atoms with E-state index < -0.39 is 0 Å². The van der Waals surface area contributed by atoms with E-state index >= 15 is 0 Å². The Morgan fingerprint density at radius 1 is 1.69 bits per heavy atom. The molecular formula is C10H16N2S. The Kier molecular flexibility index (Phi) is 2.39. The molecule has 3 heteroatoms. The summed E-state index contributed by atoms with van der Waals surface area (Å²) >= 11 is 1.76. The Bertz CT molecular complexity index is 264. The van der Waals surface area contributed by atoms with Gasteiger partial charge in [0.1, 0.15) is 0 Å². The second kappa shape index (κ2) is 3.39. The normalized spacial score (nSPS) is 21.4. The molecule has 0 radical (unpaired) electrons. The lowest BCUT2D eigenvalue weighted by molar-refractivity contribution is 0.378. The van der Waals surface area contributed by atoms with E-state index in [1.807, 2.05) is 11.7 Å². The minimum absolute atomic E-state index is 0.554. The van der Waals surface area contributed by atoms with E-state index in [1.54, 1.807) is 11.3 Å². The molecule has 1 atom stereocenters. The molecule has 1 saturated carbocycles. The summed E-state index contributed by atoms with van der Waals surface area (Å²) in [6, 6.07) is 0.632. The first-order valence-electron chi connectivity index (χ1n) is 4.79. The number of nitrogens with zero attached hydrogens (tertiary/aromatic N) is 1. The van der Waals surface area contributed by atoms with Crippen LogP contribution in [0.25, 0.3) is 0 Å². The number of likely N-dealkylation sites (N-methyl/N-ethyl adjacent to an activating group) is 1. The average Bonchev–Trinajstić information content (AvgIpc) is 2.70. The van der Waals surface area contributed by atoms with E-state index in [0.717, 1.165) is 6.42 Å². The van der Waals surface area contributed by atoms with E-state index in [9.17, 15) is 0 Å². The van der Waals surface area contributed by atoms with Crippen molar-refractivity contribution in [1.82, 2.24) is 10.3 Å². The SMILES string of the molecule is CNC(Cc1cncs1)C1(C)CC1. The molecule has 1 heterocycles. The van der Waals surface area contributed by atoms with E-state index in [2.05, 4.69) is 24.3 Å². The van der Waals surface area contributed by atoms with Crippen molar-refractivity contribution >= 4 is 11.3 Å². The zero-order chi connectivity index (χ0) is 9.31. The van der Waals surface area contributed by atoms with Crippen LogP contribution in [0.4, 0.5) is 0 Å². The molecule has 0 saturated heterocycles. The fourth-order valence-electron chi connectivity index (χ4n) is 1.79. The van der Waals surface area contributed by atoms with Gasteiger partial charge in [-0.15, -0.1) is 11.3 Å². The highest BCUT2D eigenvalue weighted by molar-refractivity contribution is 7.09. The highest BCUT2D eigenvalue weighted by Gasteiger charge is 2.43. The third-order valence-corrected chi connectivity index (χ3v) is 3.92. The molecule has 0 aromatic carbocycles. The number of thiazole rings is 1. The van der Waals surface area contributed by atoms with Crippen LogP contribution in [-0.4, -0.2) is 18.1 Å². The Balaban J connectivity index is 1.99.